The van der Waals surface area contributed by atoms with E-state index in [0.717, 1.165) is 17.1 Å². The molecule has 0 unspecified atom stereocenters. The summed E-state index contributed by atoms with van der Waals surface area (Å²) < 4.78 is 0. The van der Waals surface area contributed by atoms with Crippen LogP contribution < -0.4 is 10.6 Å². The predicted octanol–water partition coefficient (Wildman–Crippen LogP) is 2.68. The summed E-state index contributed by atoms with van der Waals surface area (Å²) in [7, 11) is 0. The van der Waals surface area contributed by atoms with Crippen LogP contribution in [0.2, 0.25) is 0 Å². The number of nitrogens with one attached hydrogen (secondary N) is 2. The number of nitrogens with zero attached hydrogens (tertiary/aromatic N) is 1. The van der Waals surface area contributed by atoms with Gasteiger partial charge in [0.15, 0.2) is 0 Å². The molecule has 0 fully saturated rings. The Morgan fingerprint density at radius 2 is 1.86 bits per heavy atom. The lowest BCUT2D eigenvalue weighted by Crippen LogP contribution is -2.12. The zero-order valence-corrected chi connectivity index (χ0v) is 8.21. The summed E-state index contributed by atoms with van der Waals surface area (Å²) in [5.41, 5.74) is 5.18. The topological polar surface area (TPSA) is 37.0 Å². The van der Waals surface area contributed by atoms with Gasteiger partial charge in [0, 0.05) is 5.38 Å². The standard InChI is InChI=1S/C10H9N3S/c1-2-4-8-7(3-1)12-10(13-8)9-5-14-6-11-9/h1-6,10,12-13H. The van der Waals surface area contributed by atoms with Crippen molar-refractivity contribution in [2.75, 3.05) is 10.6 Å². The summed E-state index contributed by atoms with van der Waals surface area (Å²) in [4.78, 5) is 4.27. The van der Waals surface area contributed by atoms with Gasteiger partial charge in [-0.2, -0.15) is 0 Å². The third kappa shape index (κ3) is 1.15. The van der Waals surface area contributed by atoms with E-state index in [1.54, 1.807) is 11.3 Å². The molecule has 1 aromatic heterocycles. The van der Waals surface area contributed by atoms with Gasteiger partial charge in [-0.15, -0.1) is 11.3 Å². The van der Waals surface area contributed by atoms with E-state index in [1.165, 1.54) is 0 Å². The van der Waals surface area contributed by atoms with E-state index < -0.39 is 0 Å². The van der Waals surface area contributed by atoms with Crippen LogP contribution in [-0.2, 0) is 0 Å². The lowest BCUT2D eigenvalue weighted by atomic mass is 10.3. The fraction of sp³-hybridized carbons (Fsp3) is 0.100. The number of hydrogen-bond donors (Lipinski definition) is 2. The van der Waals surface area contributed by atoms with E-state index in [9.17, 15) is 0 Å². The summed E-state index contributed by atoms with van der Waals surface area (Å²) in [6.45, 7) is 0. The van der Waals surface area contributed by atoms with Gasteiger partial charge in [-0.05, 0) is 12.1 Å². The number of para-hydroxylation sites is 2. The molecule has 0 saturated carbocycles. The number of anilines is 2. The minimum Gasteiger partial charge on any atom is -0.359 e. The molecule has 0 saturated heterocycles. The van der Waals surface area contributed by atoms with E-state index >= 15 is 0 Å². The summed E-state index contributed by atoms with van der Waals surface area (Å²) >= 11 is 1.61. The van der Waals surface area contributed by atoms with Gasteiger partial charge in [-0.25, -0.2) is 4.98 Å². The van der Waals surface area contributed by atoms with Gasteiger partial charge in [0.1, 0.15) is 6.17 Å². The average Bonchev–Trinajstić information content (AvgIpc) is 2.86. The van der Waals surface area contributed by atoms with Gasteiger partial charge < -0.3 is 10.6 Å². The van der Waals surface area contributed by atoms with Crippen molar-refractivity contribution in [1.29, 1.82) is 0 Å². The Kier molecular flexibility index (Phi) is 1.67. The van der Waals surface area contributed by atoms with Gasteiger partial charge in [0.2, 0.25) is 0 Å². The first-order chi connectivity index (χ1) is 6.93. The van der Waals surface area contributed by atoms with Crippen molar-refractivity contribution in [1.82, 2.24) is 4.98 Å². The molecule has 0 radical (unpaired) electrons. The molecule has 1 aliphatic heterocycles. The van der Waals surface area contributed by atoms with Crippen molar-refractivity contribution < 1.29 is 0 Å². The van der Waals surface area contributed by atoms with E-state index in [4.69, 9.17) is 0 Å². The molecule has 3 nitrogen and oxygen atoms in total. The largest absolute Gasteiger partial charge is 0.359 e. The molecular formula is C10H9N3S. The maximum atomic E-state index is 4.27. The molecule has 0 spiro atoms. The minimum atomic E-state index is 0.124. The third-order valence-corrected chi connectivity index (χ3v) is 2.88. The predicted molar refractivity (Wildman–Crippen MR) is 58.5 cm³/mol. The molecule has 14 heavy (non-hydrogen) atoms. The number of hydrogen-bond acceptors (Lipinski definition) is 4. The van der Waals surface area contributed by atoms with Crippen LogP contribution in [0.4, 0.5) is 11.4 Å². The Labute approximate surface area is 85.8 Å². The lowest BCUT2D eigenvalue weighted by Gasteiger charge is -2.08. The van der Waals surface area contributed by atoms with Crippen molar-refractivity contribution in [3.63, 3.8) is 0 Å². The summed E-state index contributed by atoms with van der Waals surface area (Å²) in [6, 6.07) is 8.18. The first kappa shape index (κ1) is 7.82. The Morgan fingerprint density at radius 3 is 2.43 bits per heavy atom. The van der Waals surface area contributed by atoms with Gasteiger partial charge in [-0.3, -0.25) is 0 Å². The molecule has 1 aromatic carbocycles. The Morgan fingerprint density at radius 1 is 1.14 bits per heavy atom. The van der Waals surface area contributed by atoms with Crippen molar-refractivity contribution >= 4 is 22.7 Å². The average molecular weight is 203 g/mol. The number of thiazole rings is 1. The molecule has 2 aromatic rings. The van der Waals surface area contributed by atoms with Gasteiger partial charge in [0.25, 0.3) is 0 Å². The second kappa shape index (κ2) is 2.99. The molecule has 0 aliphatic carbocycles. The lowest BCUT2D eigenvalue weighted by molar-refractivity contribution is 0.899. The molecule has 2 N–H and O–H groups in total. The highest BCUT2D eigenvalue weighted by molar-refractivity contribution is 7.07. The van der Waals surface area contributed by atoms with Crippen molar-refractivity contribution in [3.05, 3.63) is 40.8 Å². The van der Waals surface area contributed by atoms with Crippen LogP contribution in [0.5, 0.6) is 0 Å². The highest BCUT2D eigenvalue weighted by Gasteiger charge is 2.21. The molecule has 4 heteroatoms. The van der Waals surface area contributed by atoms with Crippen LogP contribution in [0.1, 0.15) is 11.9 Å². The maximum absolute atomic E-state index is 4.27. The third-order valence-electron chi connectivity index (χ3n) is 2.27. The first-order valence-electron chi connectivity index (χ1n) is 4.44. The van der Waals surface area contributed by atoms with Crippen LogP contribution >= 0.6 is 11.3 Å². The number of aromatic nitrogens is 1. The quantitative estimate of drug-likeness (QED) is 0.748. The second-order valence-electron chi connectivity index (χ2n) is 3.18. The van der Waals surface area contributed by atoms with Crippen LogP contribution in [0.15, 0.2) is 35.2 Å². The van der Waals surface area contributed by atoms with Crippen molar-refractivity contribution in [3.8, 4) is 0 Å². The zero-order valence-electron chi connectivity index (χ0n) is 7.40. The molecule has 0 amide bonds. The van der Waals surface area contributed by atoms with Gasteiger partial charge >= 0.3 is 0 Å². The highest BCUT2D eigenvalue weighted by atomic mass is 32.1. The molecular weight excluding hydrogens is 194 g/mol. The van der Waals surface area contributed by atoms with Crippen LogP contribution in [0, 0.1) is 0 Å². The zero-order chi connectivity index (χ0) is 9.38. The summed E-state index contributed by atoms with van der Waals surface area (Å²) in [6.07, 6.45) is 0.124. The van der Waals surface area contributed by atoms with Crippen molar-refractivity contribution in [2.45, 2.75) is 6.17 Å². The SMILES string of the molecule is c1ccc2c(c1)NC(c1cscn1)N2. The molecule has 1 aliphatic rings. The van der Waals surface area contributed by atoms with Gasteiger partial charge in [-0.1, -0.05) is 12.1 Å². The van der Waals surface area contributed by atoms with Crippen LogP contribution in [-0.4, -0.2) is 4.98 Å². The Bertz CT molecular complexity index is 413. The first-order valence-corrected chi connectivity index (χ1v) is 5.38. The molecule has 0 bridgehead atoms. The molecule has 3 rings (SSSR count). The second-order valence-corrected chi connectivity index (χ2v) is 3.90. The number of benzene rings is 1. The van der Waals surface area contributed by atoms with Gasteiger partial charge in [0.05, 0.1) is 22.6 Å². The normalized spacial score (nSPS) is 14.6. The number of rotatable bonds is 1. The van der Waals surface area contributed by atoms with Crippen molar-refractivity contribution in [2.24, 2.45) is 0 Å². The fourth-order valence-corrected chi connectivity index (χ4v) is 2.17. The Hall–Kier alpha value is -1.55. The molecule has 2 heterocycles. The number of fused-ring (bicyclic) bond motifs is 1. The van der Waals surface area contributed by atoms with Crippen LogP contribution in [0.3, 0.4) is 0 Å². The maximum Gasteiger partial charge on any atom is 0.141 e. The van der Waals surface area contributed by atoms with Crippen LogP contribution in [0.25, 0.3) is 0 Å². The summed E-state index contributed by atoms with van der Waals surface area (Å²) in [5, 5.41) is 8.79. The van der Waals surface area contributed by atoms with E-state index in [1.807, 2.05) is 17.6 Å². The summed E-state index contributed by atoms with van der Waals surface area (Å²) in [5.74, 6) is 0. The van der Waals surface area contributed by atoms with E-state index in [2.05, 4.69) is 33.1 Å². The smallest absolute Gasteiger partial charge is 0.141 e. The Balaban J connectivity index is 1.92. The molecule has 70 valence electrons. The fourth-order valence-electron chi connectivity index (χ4n) is 1.59. The van der Waals surface area contributed by atoms with E-state index in [-0.39, 0.29) is 6.17 Å². The highest BCUT2D eigenvalue weighted by Crippen LogP contribution is 2.34. The minimum absolute atomic E-state index is 0.124. The van der Waals surface area contributed by atoms with E-state index in [0.29, 0.717) is 0 Å². The monoisotopic (exact) mass is 203 g/mol. The molecule has 0 atom stereocenters.